The molecule has 1 aliphatic heterocycles. The van der Waals surface area contributed by atoms with E-state index in [1.165, 1.54) is 0 Å². The smallest absolute Gasteiger partial charge is 0.305 e. The molecular weight excluding hydrogens is 310 g/mol. The van der Waals surface area contributed by atoms with Crippen molar-refractivity contribution in [3.8, 4) is 5.75 Å². The van der Waals surface area contributed by atoms with Crippen molar-refractivity contribution in [2.45, 2.75) is 38.8 Å². The Morgan fingerprint density at radius 2 is 1.96 bits per heavy atom. The Morgan fingerprint density at radius 1 is 1.29 bits per heavy atom. The lowest BCUT2D eigenvalue weighted by Crippen LogP contribution is -2.37. The predicted molar refractivity (Wildman–Crippen MR) is 89.3 cm³/mol. The zero-order chi connectivity index (χ0) is 17.7. The average Bonchev–Trinajstić information content (AvgIpc) is 2.95. The highest BCUT2D eigenvalue weighted by molar-refractivity contribution is 5.95. The van der Waals surface area contributed by atoms with E-state index < -0.39 is 5.97 Å². The van der Waals surface area contributed by atoms with Gasteiger partial charge in [0.15, 0.2) is 0 Å². The van der Waals surface area contributed by atoms with E-state index in [1.807, 2.05) is 0 Å². The molecular formula is C18H25NO5. The third kappa shape index (κ3) is 4.71. The van der Waals surface area contributed by atoms with Gasteiger partial charge < -0.3 is 19.5 Å². The van der Waals surface area contributed by atoms with Crippen molar-refractivity contribution in [1.82, 2.24) is 4.90 Å². The summed E-state index contributed by atoms with van der Waals surface area (Å²) >= 11 is 0. The monoisotopic (exact) mass is 335 g/mol. The number of benzene rings is 1. The van der Waals surface area contributed by atoms with Crippen LogP contribution in [0.2, 0.25) is 0 Å². The van der Waals surface area contributed by atoms with E-state index >= 15 is 0 Å². The van der Waals surface area contributed by atoms with Gasteiger partial charge in [-0.3, -0.25) is 9.59 Å². The Morgan fingerprint density at radius 3 is 2.50 bits per heavy atom. The summed E-state index contributed by atoms with van der Waals surface area (Å²) < 4.78 is 10.9. The number of rotatable bonds is 7. The van der Waals surface area contributed by atoms with Gasteiger partial charge >= 0.3 is 5.97 Å². The summed E-state index contributed by atoms with van der Waals surface area (Å²) in [5.41, 5.74) is 0.527. The topological polar surface area (TPSA) is 76.1 Å². The lowest BCUT2D eigenvalue weighted by atomic mass is 10.1. The van der Waals surface area contributed by atoms with Gasteiger partial charge in [-0.15, -0.1) is 0 Å². The minimum absolute atomic E-state index is 0.0683. The third-order valence-electron chi connectivity index (χ3n) is 4.07. The molecule has 1 saturated heterocycles. The summed E-state index contributed by atoms with van der Waals surface area (Å²) in [6, 6.07) is 6.64. The lowest BCUT2D eigenvalue weighted by Gasteiger charge is -2.23. The van der Waals surface area contributed by atoms with E-state index in [1.54, 1.807) is 36.3 Å². The van der Waals surface area contributed by atoms with Crippen molar-refractivity contribution in [3.63, 3.8) is 0 Å². The highest BCUT2D eigenvalue weighted by atomic mass is 16.5. The molecule has 1 fully saturated rings. The number of aliphatic carboxylic acids is 1. The van der Waals surface area contributed by atoms with Gasteiger partial charge in [-0.25, -0.2) is 0 Å². The molecule has 132 valence electrons. The van der Waals surface area contributed by atoms with Crippen LogP contribution in [0.25, 0.3) is 0 Å². The highest BCUT2D eigenvalue weighted by Crippen LogP contribution is 2.25. The minimum Gasteiger partial charge on any atom is -0.493 e. The normalized spacial score (nSPS) is 20.4. The number of nitrogens with zero attached hydrogens (tertiary/aromatic N) is 1. The Labute approximate surface area is 142 Å². The number of carboxylic acids is 1. The second-order valence-corrected chi connectivity index (χ2v) is 6.53. The fourth-order valence-electron chi connectivity index (χ4n) is 2.81. The van der Waals surface area contributed by atoms with Crippen LogP contribution in [0.1, 0.15) is 37.0 Å². The third-order valence-corrected chi connectivity index (χ3v) is 4.07. The van der Waals surface area contributed by atoms with E-state index in [-0.39, 0.29) is 24.5 Å². The molecule has 2 atom stereocenters. The Hall–Kier alpha value is -2.08. The molecule has 0 bridgehead atoms. The quantitative estimate of drug-likeness (QED) is 0.828. The number of carbonyl (C=O) groups excluding carboxylic acids is 1. The van der Waals surface area contributed by atoms with Gasteiger partial charge in [0.1, 0.15) is 5.75 Å². The van der Waals surface area contributed by atoms with Crippen LogP contribution in [0.4, 0.5) is 0 Å². The second-order valence-electron chi connectivity index (χ2n) is 6.53. The Bertz CT molecular complexity index is 569. The maximum absolute atomic E-state index is 12.7. The maximum Gasteiger partial charge on any atom is 0.305 e. The van der Waals surface area contributed by atoms with E-state index in [0.717, 1.165) is 5.75 Å². The number of ether oxygens (including phenoxy) is 2. The van der Waals surface area contributed by atoms with Gasteiger partial charge in [0.25, 0.3) is 5.91 Å². The summed E-state index contributed by atoms with van der Waals surface area (Å²) in [6.07, 6.45) is 0.359. The Balaban J connectivity index is 2.07. The van der Waals surface area contributed by atoms with Crippen molar-refractivity contribution in [2.24, 2.45) is 5.92 Å². The maximum atomic E-state index is 12.7. The molecule has 0 saturated carbocycles. The molecule has 1 aromatic rings. The summed E-state index contributed by atoms with van der Waals surface area (Å²) in [5.74, 6) is 0.0698. The number of carboxylic acid groups (broad SMARTS) is 1. The summed E-state index contributed by atoms with van der Waals surface area (Å²) in [7, 11) is 1.58. The summed E-state index contributed by atoms with van der Waals surface area (Å²) in [5, 5.41) is 9.05. The van der Waals surface area contributed by atoms with Crippen molar-refractivity contribution < 1.29 is 24.2 Å². The zero-order valence-electron chi connectivity index (χ0n) is 14.4. The first-order chi connectivity index (χ1) is 11.4. The molecule has 0 aromatic heterocycles. The van der Waals surface area contributed by atoms with Crippen LogP contribution in [0, 0.1) is 5.92 Å². The van der Waals surface area contributed by atoms with Crippen molar-refractivity contribution in [2.75, 3.05) is 20.3 Å². The van der Waals surface area contributed by atoms with Gasteiger partial charge in [-0.05, 0) is 36.6 Å². The number of hydrogen-bond donors (Lipinski definition) is 1. The lowest BCUT2D eigenvalue weighted by molar-refractivity contribution is -0.137. The second kappa shape index (κ2) is 8.15. The molecule has 1 aliphatic rings. The Kier molecular flexibility index (Phi) is 6.20. The van der Waals surface area contributed by atoms with Crippen LogP contribution in [0.15, 0.2) is 24.3 Å². The molecule has 0 spiro atoms. The number of carbonyl (C=O) groups is 2. The molecule has 1 amide bonds. The predicted octanol–water partition coefficient (Wildman–Crippen LogP) is 2.43. The largest absolute Gasteiger partial charge is 0.493 e. The first kappa shape index (κ1) is 18.3. The summed E-state index contributed by atoms with van der Waals surface area (Å²) in [4.78, 5) is 25.3. The van der Waals surface area contributed by atoms with Gasteiger partial charge in [0.2, 0.25) is 0 Å². The molecule has 6 nitrogen and oxygen atoms in total. The van der Waals surface area contributed by atoms with Crippen LogP contribution >= 0.6 is 0 Å². The van der Waals surface area contributed by atoms with E-state index in [0.29, 0.717) is 31.1 Å². The fourth-order valence-corrected chi connectivity index (χ4v) is 2.81. The van der Waals surface area contributed by atoms with Crippen molar-refractivity contribution in [1.29, 1.82) is 0 Å². The molecule has 0 radical (unpaired) electrons. The van der Waals surface area contributed by atoms with Crippen molar-refractivity contribution >= 4 is 11.9 Å². The molecule has 2 rings (SSSR count). The molecule has 6 heteroatoms. The first-order valence-corrected chi connectivity index (χ1v) is 8.19. The minimum atomic E-state index is -0.910. The van der Waals surface area contributed by atoms with E-state index in [2.05, 4.69) is 13.8 Å². The molecule has 0 aliphatic carbocycles. The molecule has 24 heavy (non-hydrogen) atoms. The first-order valence-electron chi connectivity index (χ1n) is 8.19. The molecule has 1 N–H and O–H groups in total. The van der Waals surface area contributed by atoms with E-state index in [4.69, 9.17) is 14.6 Å². The SMILES string of the molecule is COC1CC(CC(=O)O)N(C(=O)c2ccc(OCC(C)C)cc2)C1. The van der Waals surface area contributed by atoms with Crippen LogP contribution < -0.4 is 4.74 Å². The number of likely N-dealkylation sites (tertiary alicyclic amines) is 1. The van der Waals surface area contributed by atoms with Gasteiger partial charge in [-0.2, -0.15) is 0 Å². The molecule has 1 heterocycles. The zero-order valence-corrected chi connectivity index (χ0v) is 14.4. The van der Waals surface area contributed by atoms with Crippen LogP contribution in [0.3, 0.4) is 0 Å². The van der Waals surface area contributed by atoms with Crippen LogP contribution in [-0.2, 0) is 9.53 Å². The van der Waals surface area contributed by atoms with Gasteiger partial charge in [0.05, 0.1) is 19.1 Å². The van der Waals surface area contributed by atoms with Gasteiger partial charge in [-0.1, -0.05) is 13.8 Å². The van der Waals surface area contributed by atoms with Gasteiger partial charge in [0, 0.05) is 25.3 Å². The molecule has 1 aromatic carbocycles. The average molecular weight is 335 g/mol. The van der Waals surface area contributed by atoms with Crippen LogP contribution in [-0.4, -0.2) is 54.3 Å². The number of methoxy groups -OCH3 is 1. The fraction of sp³-hybridized carbons (Fsp3) is 0.556. The summed E-state index contributed by atoms with van der Waals surface area (Å²) in [6.45, 7) is 5.18. The number of amides is 1. The highest BCUT2D eigenvalue weighted by Gasteiger charge is 2.36. The number of hydrogen-bond acceptors (Lipinski definition) is 4. The van der Waals surface area contributed by atoms with Crippen LogP contribution in [0.5, 0.6) is 5.75 Å². The standard InChI is InChI=1S/C18H25NO5/c1-12(2)11-24-15-6-4-13(5-7-15)18(22)19-10-16(23-3)8-14(19)9-17(20)21/h4-7,12,14,16H,8-11H2,1-3H3,(H,20,21). The molecule has 2 unspecified atom stereocenters. The van der Waals surface area contributed by atoms with Crippen molar-refractivity contribution in [3.05, 3.63) is 29.8 Å². The van der Waals surface area contributed by atoms with E-state index in [9.17, 15) is 9.59 Å².